The summed E-state index contributed by atoms with van der Waals surface area (Å²) in [5, 5.41) is 0. The molecule has 0 aliphatic heterocycles. The number of allylic oxidation sites excluding steroid dienone is 1. The third-order valence-corrected chi connectivity index (χ3v) is 3.93. The quantitative estimate of drug-likeness (QED) is 0.768. The maximum Gasteiger partial charge on any atom is 0.416 e. The lowest BCUT2D eigenvalue weighted by atomic mass is 9.85. The van der Waals surface area contributed by atoms with Gasteiger partial charge in [0.2, 0.25) is 0 Å². The fourth-order valence-corrected chi connectivity index (χ4v) is 2.83. The van der Waals surface area contributed by atoms with E-state index in [1.165, 1.54) is 0 Å². The molecule has 0 unspecified atom stereocenters. The van der Waals surface area contributed by atoms with Gasteiger partial charge in [-0.05, 0) is 64.5 Å². The highest BCUT2D eigenvalue weighted by Gasteiger charge is 2.32. The van der Waals surface area contributed by atoms with E-state index in [0.717, 1.165) is 25.7 Å². The maximum absolute atomic E-state index is 12.7. The third-order valence-electron chi connectivity index (χ3n) is 3.93. The van der Waals surface area contributed by atoms with Crippen molar-refractivity contribution in [2.24, 2.45) is 5.92 Å². The van der Waals surface area contributed by atoms with Crippen molar-refractivity contribution in [1.82, 2.24) is 4.98 Å². The van der Waals surface area contributed by atoms with Crippen LogP contribution in [0.25, 0.3) is 0 Å². The molecule has 0 atom stereocenters. The molecule has 1 saturated carbocycles. The molecule has 0 spiro atoms. The van der Waals surface area contributed by atoms with Gasteiger partial charge in [0.05, 0.1) is 0 Å². The molecule has 0 bridgehead atoms. The Morgan fingerprint density at radius 2 is 2.00 bits per heavy atom. The van der Waals surface area contributed by atoms with Crippen molar-refractivity contribution in [2.45, 2.75) is 58.1 Å². The summed E-state index contributed by atoms with van der Waals surface area (Å²) in [5.41, 5.74) is -0.511. The summed E-state index contributed by atoms with van der Waals surface area (Å²) in [6, 6.07) is 5.75. The second-order valence-electron chi connectivity index (χ2n) is 6.84. The van der Waals surface area contributed by atoms with Gasteiger partial charge in [0.1, 0.15) is 11.4 Å². The third kappa shape index (κ3) is 4.33. The monoisotopic (exact) mass is 302 g/mol. The lowest BCUT2D eigenvalue weighted by Gasteiger charge is -2.36. The number of ether oxygens (including phenoxy) is 1. The predicted molar refractivity (Wildman–Crippen MR) is 88.9 cm³/mol. The smallest absolute Gasteiger partial charge is 0.416 e. The molecule has 1 aliphatic carbocycles. The Kier molecular flexibility index (Phi) is 5.22. The van der Waals surface area contributed by atoms with Crippen molar-refractivity contribution < 1.29 is 9.53 Å². The van der Waals surface area contributed by atoms with E-state index < -0.39 is 5.60 Å². The zero-order chi connectivity index (χ0) is 16.2. The molecule has 4 nitrogen and oxygen atoms in total. The van der Waals surface area contributed by atoms with E-state index in [2.05, 4.69) is 11.6 Å². The molecular formula is C18H26N2O2. The molecule has 0 saturated heterocycles. The highest BCUT2D eigenvalue weighted by molar-refractivity contribution is 5.87. The average Bonchev–Trinajstić information content (AvgIpc) is 2.47. The molecule has 4 heteroatoms. The summed E-state index contributed by atoms with van der Waals surface area (Å²) < 4.78 is 5.59. The number of hydrogen-bond acceptors (Lipinski definition) is 3. The van der Waals surface area contributed by atoms with Crippen molar-refractivity contribution in [1.29, 1.82) is 0 Å². The molecule has 1 heterocycles. The van der Waals surface area contributed by atoms with Crippen LogP contribution in [0.1, 0.15) is 46.5 Å². The van der Waals surface area contributed by atoms with E-state index in [1.807, 2.05) is 45.0 Å². The summed E-state index contributed by atoms with van der Waals surface area (Å²) in [5.74, 6) is 1.22. The van der Waals surface area contributed by atoms with Crippen LogP contribution in [-0.4, -0.2) is 22.7 Å². The lowest BCUT2D eigenvalue weighted by molar-refractivity contribution is 0.0554. The highest BCUT2D eigenvalue weighted by atomic mass is 16.6. The van der Waals surface area contributed by atoms with Gasteiger partial charge >= 0.3 is 6.09 Å². The molecular weight excluding hydrogens is 276 g/mol. The van der Waals surface area contributed by atoms with Crippen LogP contribution >= 0.6 is 0 Å². The van der Waals surface area contributed by atoms with Crippen LogP contribution in [0.4, 0.5) is 10.6 Å². The Morgan fingerprint density at radius 1 is 1.32 bits per heavy atom. The van der Waals surface area contributed by atoms with Gasteiger partial charge in [0.15, 0.2) is 0 Å². The minimum absolute atomic E-state index is 0.140. The Hall–Kier alpha value is -1.84. The SMILES string of the molecule is C=C[C@H]1CC[C@@H](N(C(=O)OC(C)(C)C)c2ccccn2)CC1. The summed E-state index contributed by atoms with van der Waals surface area (Å²) in [6.45, 7) is 9.53. The normalized spacial score (nSPS) is 22.0. The van der Waals surface area contributed by atoms with Crippen molar-refractivity contribution >= 4 is 11.9 Å². The van der Waals surface area contributed by atoms with Gasteiger partial charge in [0.25, 0.3) is 0 Å². The first kappa shape index (κ1) is 16.5. The number of aromatic nitrogens is 1. The molecule has 1 fully saturated rings. The van der Waals surface area contributed by atoms with Gasteiger partial charge in [-0.2, -0.15) is 0 Å². The Morgan fingerprint density at radius 3 is 2.50 bits per heavy atom. The lowest BCUT2D eigenvalue weighted by Crippen LogP contribution is -2.45. The molecule has 1 aromatic heterocycles. The Labute approximate surface area is 133 Å². The molecule has 1 amide bonds. The van der Waals surface area contributed by atoms with E-state index >= 15 is 0 Å². The fourth-order valence-electron chi connectivity index (χ4n) is 2.83. The van der Waals surface area contributed by atoms with E-state index in [0.29, 0.717) is 11.7 Å². The van der Waals surface area contributed by atoms with Crippen LogP contribution in [0.5, 0.6) is 0 Å². The molecule has 120 valence electrons. The first-order valence-electron chi connectivity index (χ1n) is 7.96. The van der Waals surface area contributed by atoms with E-state index in [-0.39, 0.29) is 12.1 Å². The number of carbonyl (C=O) groups is 1. The Bertz CT molecular complexity index is 500. The number of pyridine rings is 1. The van der Waals surface area contributed by atoms with Crippen LogP contribution in [0.2, 0.25) is 0 Å². The average molecular weight is 302 g/mol. The van der Waals surface area contributed by atoms with Crippen molar-refractivity contribution in [3.63, 3.8) is 0 Å². The summed E-state index contributed by atoms with van der Waals surface area (Å²) >= 11 is 0. The number of carbonyl (C=O) groups excluding carboxylic acids is 1. The number of anilines is 1. The van der Waals surface area contributed by atoms with Gasteiger partial charge in [-0.15, -0.1) is 6.58 Å². The van der Waals surface area contributed by atoms with Gasteiger partial charge in [-0.3, -0.25) is 4.90 Å². The minimum atomic E-state index is -0.511. The van der Waals surface area contributed by atoms with Gasteiger partial charge in [0, 0.05) is 12.2 Å². The summed E-state index contributed by atoms with van der Waals surface area (Å²) in [4.78, 5) is 18.7. The van der Waals surface area contributed by atoms with E-state index in [1.54, 1.807) is 11.1 Å². The van der Waals surface area contributed by atoms with E-state index in [4.69, 9.17) is 4.74 Å². The number of nitrogens with zero attached hydrogens (tertiary/aromatic N) is 2. The van der Waals surface area contributed by atoms with Crippen molar-refractivity contribution in [2.75, 3.05) is 4.90 Å². The molecule has 1 aromatic rings. The maximum atomic E-state index is 12.7. The van der Waals surface area contributed by atoms with E-state index in [9.17, 15) is 4.79 Å². The first-order chi connectivity index (χ1) is 10.4. The zero-order valence-corrected chi connectivity index (χ0v) is 13.8. The van der Waals surface area contributed by atoms with Gasteiger partial charge < -0.3 is 4.74 Å². The van der Waals surface area contributed by atoms with Crippen LogP contribution in [-0.2, 0) is 4.74 Å². The zero-order valence-electron chi connectivity index (χ0n) is 13.8. The number of rotatable bonds is 3. The largest absolute Gasteiger partial charge is 0.443 e. The summed E-state index contributed by atoms with van der Waals surface area (Å²) in [6.07, 6.45) is 7.43. The van der Waals surface area contributed by atoms with Crippen LogP contribution in [0.3, 0.4) is 0 Å². The van der Waals surface area contributed by atoms with Gasteiger partial charge in [-0.25, -0.2) is 9.78 Å². The second kappa shape index (κ2) is 6.95. The number of amides is 1. The topological polar surface area (TPSA) is 42.4 Å². The second-order valence-corrected chi connectivity index (χ2v) is 6.84. The molecule has 2 rings (SSSR count). The van der Waals surface area contributed by atoms with Gasteiger partial charge in [-0.1, -0.05) is 12.1 Å². The van der Waals surface area contributed by atoms with Crippen LogP contribution in [0.15, 0.2) is 37.1 Å². The summed E-state index contributed by atoms with van der Waals surface area (Å²) in [7, 11) is 0. The van der Waals surface area contributed by atoms with Crippen molar-refractivity contribution in [3.8, 4) is 0 Å². The molecule has 1 aliphatic rings. The standard InChI is InChI=1S/C18H26N2O2/c1-5-14-9-11-15(12-10-14)20(16-8-6-7-13-19-16)17(21)22-18(2,3)4/h5-8,13-15H,1,9-12H2,2-4H3/t14-,15+. The van der Waals surface area contributed by atoms with Crippen molar-refractivity contribution in [3.05, 3.63) is 37.1 Å². The Balaban J connectivity index is 2.19. The first-order valence-corrected chi connectivity index (χ1v) is 7.96. The minimum Gasteiger partial charge on any atom is -0.443 e. The van der Waals surface area contributed by atoms with Crippen LogP contribution < -0.4 is 4.90 Å². The fraction of sp³-hybridized carbons (Fsp3) is 0.556. The molecule has 0 aromatic carbocycles. The predicted octanol–water partition coefficient (Wildman–Crippen LogP) is 4.57. The molecule has 0 N–H and O–H groups in total. The highest BCUT2D eigenvalue weighted by Crippen LogP contribution is 2.31. The number of hydrogen-bond donors (Lipinski definition) is 0. The van der Waals surface area contributed by atoms with Crippen LogP contribution in [0, 0.1) is 5.92 Å². The molecule has 22 heavy (non-hydrogen) atoms. The molecule has 0 radical (unpaired) electrons.